The molecule has 0 bridgehead atoms. The number of hydrogen-bond acceptors (Lipinski definition) is 2. The van der Waals surface area contributed by atoms with E-state index in [4.69, 9.17) is 0 Å². The van der Waals surface area contributed by atoms with E-state index in [-0.39, 0.29) is 11.8 Å². The van der Waals surface area contributed by atoms with Gasteiger partial charge in [0.15, 0.2) is 0 Å². The number of hydrogen-bond donors (Lipinski definition) is 1. The van der Waals surface area contributed by atoms with E-state index >= 15 is 0 Å². The predicted molar refractivity (Wildman–Crippen MR) is 62.3 cm³/mol. The van der Waals surface area contributed by atoms with Gasteiger partial charge < -0.3 is 10.1 Å². The summed E-state index contributed by atoms with van der Waals surface area (Å²) >= 11 is 0. The maximum Gasteiger partial charge on any atom is 0.235 e. The van der Waals surface area contributed by atoms with Crippen LogP contribution >= 0.6 is 0 Å². The minimum Gasteiger partial charge on any atom is -0.325 e. The molecule has 3 heteroatoms. The topological polar surface area (TPSA) is 46.2 Å². The van der Waals surface area contributed by atoms with Crippen molar-refractivity contribution in [2.24, 2.45) is 5.92 Å². The summed E-state index contributed by atoms with van der Waals surface area (Å²) in [6.45, 7) is 3.85. The monoisotopic (exact) mass is 217 g/mol. The lowest BCUT2D eigenvalue weighted by Crippen LogP contribution is -2.37. The van der Waals surface area contributed by atoms with Crippen LogP contribution in [0.15, 0.2) is 24.3 Å². The first-order chi connectivity index (χ1) is 7.60. The number of anilines is 1. The normalized spacial score (nSPS) is 24.8. The second kappa shape index (κ2) is 3.74. The number of fused-ring (bicyclic) bond motifs is 1. The Kier molecular flexibility index (Phi) is 2.54. The van der Waals surface area contributed by atoms with Crippen molar-refractivity contribution in [1.82, 2.24) is 0 Å². The molecule has 1 N–H and O–H groups in total. The highest BCUT2D eigenvalue weighted by Crippen LogP contribution is 2.43. The predicted octanol–water partition coefficient (Wildman–Crippen LogP) is 2.12. The molecule has 2 atom stereocenters. The SMILES string of the molecule is CC(CC=O)C1(C)C(=O)Nc2ccccc21. The molecule has 1 amide bonds. The van der Waals surface area contributed by atoms with Crippen molar-refractivity contribution < 1.29 is 9.59 Å². The van der Waals surface area contributed by atoms with Gasteiger partial charge in [0, 0.05) is 12.1 Å². The zero-order chi connectivity index (χ0) is 11.8. The van der Waals surface area contributed by atoms with Crippen LogP contribution in [0.1, 0.15) is 25.8 Å². The molecule has 0 aliphatic carbocycles. The van der Waals surface area contributed by atoms with Crippen LogP contribution < -0.4 is 5.32 Å². The Morgan fingerprint density at radius 3 is 2.81 bits per heavy atom. The summed E-state index contributed by atoms with van der Waals surface area (Å²) in [4.78, 5) is 22.6. The molecule has 16 heavy (non-hydrogen) atoms. The van der Waals surface area contributed by atoms with E-state index in [0.717, 1.165) is 17.5 Å². The third-order valence-corrected chi connectivity index (χ3v) is 3.64. The summed E-state index contributed by atoms with van der Waals surface area (Å²) in [5.74, 6) is -0.00306. The number of carbonyl (C=O) groups is 2. The average molecular weight is 217 g/mol. The molecular formula is C13H15NO2. The molecule has 0 saturated heterocycles. The van der Waals surface area contributed by atoms with Gasteiger partial charge in [-0.15, -0.1) is 0 Å². The number of para-hydroxylation sites is 1. The zero-order valence-electron chi connectivity index (χ0n) is 9.49. The molecule has 3 nitrogen and oxygen atoms in total. The lowest BCUT2D eigenvalue weighted by atomic mass is 9.72. The lowest BCUT2D eigenvalue weighted by molar-refractivity contribution is -0.122. The van der Waals surface area contributed by atoms with Crippen LogP contribution in [0.25, 0.3) is 0 Å². The number of amides is 1. The van der Waals surface area contributed by atoms with Gasteiger partial charge in [0.25, 0.3) is 0 Å². The molecule has 1 aromatic carbocycles. The summed E-state index contributed by atoms with van der Waals surface area (Å²) < 4.78 is 0. The van der Waals surface area contributed by atoms with Crippen molar-refractivity contribution >= 4 is 17.9 Å². The highest BCUT2D eigenvalue weighted by molar-refractivity contribution is 6.06. The third-order valence-electron chi connectivity index (χ3n) is 3.64. The van der Waals surface area contributed by atoms with Gasteiger partial charge in [0.05, 0.1) is 5.41 Å². The van der Waals surface area contributed by atoms with Crippen molar-refractivity contribution in [3.05, 3.63) is 29.8 Å². The van der Waals surface area contributed by atoms with E-state index in [9.17, 15) is 9.59 Å². The van der Waals surface area contributed by atoms with Gasteiger partial charge in [0.1, 0.15) is 6.29 Å². The largest absolute Gasteiger partial charge is 0.325 e. The third kappa shape index (κ3) is 1.35. The second-order valence-corrected chi connectivity index (χ2v) is 4.51. The van der Waals surface area contributed by atoms with Gasteiger partial charge in [-0.25, -0.2) is 0 Å². The van der Waals surface area contributed by atoms with Gasteiger partial charge >= 0.3 is 0 Å². The van der Waals surface area contributed by atoms with Crippen molar-refractivity contribution in [3.63, 3.8) is 0 Å². The molecule has 2 unspecified atom stereocenters. The maximum absolute atomic E-state index is 12.0. The average Bonchev–Trinajstić information content (AvgIpc) is 2.53. The van der Waals surface area contributed by atoms with Crippen LogP contribution in [0.5, 0.6) is 0 Å². The highest BCUT2D eigenvalue weighted by Gasteiger charge is 2.46. The van der Waals surface area contributed by atoms with Gasteiger partial charge in [-0.2, -0.15) is 0 Å². The van der Waals surface area contributed by atoms with Crippen molar-refractivity contribution in [1.29, 1.82) is 0 Å². The van der Waals surface area contributed by atoms with Gasteiger partial charge in [0.2, 0.25) is 5.91 Å². The fourth-order valence-electron chi connectivity index (χ4n) is 2.29. The molecule has 1 aliphatic heterocycles. The number of rotatable bonds is 3. The van der Waals surface area contributed by atoms with Crippen molar-refractivity contribution in [2.45, 2.75) is 25.7 Å². The quantitative estimate of drug-likeness (QED) is 0.788. The summed E-state index contributed by atoms with van der Waals surface area (Å²) in [6.07, 6.45) is 1.28. The Labute approximate surface area is 94.9 Å². The van der Waals surface area contributed by atoms with Crippen molar-refractivity contribution in [3.8, 4) is 0 Å². The van der Waals surface area contributed by atoms with Crippen LogP contribution in [0.2, 0.25) is 0 Å². The van der Waals surface area contributed by atoms with Crippen LogP contribution in [0.4, 0.5) is 5.69 Å². The molecule has 1 heterocycles. The van der Waals surface area contributed by atoms with E-state index < -0.39 is 5.41 Å². The molecule has 2 rings (SSSR count). The summed E-state index contributed by atoms with van der Waals surface area (Å²) in [5.41, 5.74) is 1.28. The van der Waals surface area contributed by atoms with Gasteiger partial charge in [-0.05, 0) is 24.5 Å². The summed E-state index contributed by atoms with van der Waals surface area (Å²) in [7, 11) is 0. The van der Waals surface area contributed by atoms with Crippen LogP contribution in [0.3, 0.4) is 0 Å². The smallest absolute Gasteiger partial charge is 0.235 e. The lowest BCUT2D eigenvalue weighted by Gasteiger charge is -2.28. The molecule has 0 saturated carbocycles. The summed E-state index contributed by atoms with van der Waals surface area (Å²) in [6, 6.07) is 7.67. The minimum atomic E-state index is -0.586. The highest BCUT2D eigenvalue weighted by atomic mass is 16.2. The standard InChI is InChI=1S/C13H15NO2/c1-9(7-8-15)13(2)10-5-3-4-6-11(10)14-12(13)16/h3-6,8-9H,7H2,1-2H3,(H,14,16). The molecule has 0 radical (unpaired) electrons. The zero-order valence-corrected chi connectivity index (χ0v) is 9.49. The molecule has 1 aliphatic rings. The Bertz CT molecular complexity index is 441. The first-order valence-electron chi connectivity index (χ1n) is 5.45. The molecule has 0 aromatic heterocycles. The number of nitrogens with one attached hydrogen (secondary N) is 1. The molecule has 84 valence electrons. The molecular weight excluding hydrogens is 202 g/mol. The van der Waals surface area contributed by atoms with Gasteiger partial charge in [-0.1, -0.05) is 25.1 Å². The first kappa shape index (κ1) is 10.9. The number of benzene rings is 1. The fourth-order valence-corrected chi connectivity index (χ4v) is 2.29. The van der Waals surface area contributed by atoms with Crippen LogP contribution in [-0.4, -0.2) is 12.2 Å². The van der Waals surface area contributed by atoms with E-state index in [0.29, 0.717) is 6.42 Å². The van der Waals surface area contributed by atoms with Crippen LogP contribution in [0, 0.1) is 5.92 Å². The number of aldehydes is 1. The molecule has 0 fully saturated rings. The maximum atomic E-state index is 12.0. The van der Waals surface area contributed by atoms with E-state index in [1.165, 1.54) is 0 Å². The Balaban J connectivity index is 2.48. The Morgan fingerprint density at radius 1 is 1.44 bits per heavy atom. The van der Waals surface area contributed by atoms with Gasteiger partial charge in [-0.3, -0.25) is 4.79 Å². The van der Waals surface area contributed by atoms with Crippen LogP contribution in [-0.2, 0) is 15.0 Å². The fraction of sp³-hybridized carbons (Fsp3) is 0.385. The molecule has 0 spiro atoms. The minimum absolute atomic E-state index is 0.00801. The summed E-state index contributed by atoms with van der Waals surface area (Å²) in [5, 5.41) is 2.87. The Hall–Kier alpha value is -1.64. The van der Waals surface area contributed by atoms with E-state index in [1.807, 2.05) is 38.1 Å². The second-order valence-electron chi connectivity index (χ2n) is 4.51. The van der Waals surface area contributed by atoms with Crippen molar-refractivity contribution in [2.75, 3.05) is 5.32 Å². The number of carbonyl (C=O) groups excluding carboxylic acids is 2. The van der Waals surface area contributed by atoms with E-state index in [1.54, 1.807) is 0 Å². The first-order valence-corrected chi connectivity index (χ1v) is 5.45. The van der Waals surface area contributed by atoms with E-state index in [2.05, 4.69) is 5.32 Å². The molecule has 1 aromatic rings. The Morgan fingerprint density at radius 2 is 2.12 bits per heavy atom.